The predicted molar refractivity (Wildman–Crippen MR) is 158 cm³/mol. The van der Waals surface area contributed by atoms with Gasteiger partial charge in [0.2, 0.25) is 23.6 Å². The summed E-state index contributed by atoms with van der Waals surface area (Å²) >= 11 is 0. The van der Waals surface area contributed by atoms with E-state index < -0.39 is 41.9 Å². The number of amides is 4. The Bertz CT molecular complexity index is 1460. The third-order valence-electron chi connectivity index (χ3n) is 8.07. The van der Waals surface area contributed by atoms with Crippen LogP contribution in [-0.2, 0) is 36.8 Å². The van der Waals surface area contributed by atoms with Crippen LogP contribution in [0.25, 0.3) is 10.8 Å². The molecule has 5 rings (SSSR count). The highest BCUT2D eigenvalue weighted by atomic mass is 16.2. The van der Waals surface area contributed by atoms with Crippen molar-refractivity contribution in [3.63, 3.8) is 0 Å². The van der Waals surface area contributed by atoms with Crippen molar-refractivity contribution in [2.75, 3.05) is 6.54 Å². The van der Waals surface area contributed by atoms with Gasteiger partial charge in [0.1, 0.15) is 30.5 Å². The predicted octanol–water partition coefficient (Wildman–Crippen LogP) is 2.45. The molecule has 2 heterocycles. The average molecular weight is 569 g/mol. The normalized spacial score (nSPS) is 23.3. The minimum absolute atomic E-state index is 0.190. The van der Waals surface area contributed by atoms with Gasteiger partial charge in [-0.2, -0.15) is 0 Å². The molecule has 3 aromatic rings. The molecule has 4 atom stereocenters. The van der Waals surface area contributed by atoms with Gasteiger partial charge in [-0.1, -0.05) is 72.8 Å². The second-order valence-electron chi connectivity index (χ2n) is 11.0. The molecule has 2 fully saturated rings. The first-order valence-corrected chi connectivity index (χ1v) is 14.6. The smallest absolute Gasteiger partial charge is 0.246 e. The van der Waals surface area contributed by atoms with Crippen LogP contribution in [0.2, 0.25) is 0 Å². The molecule has 9 heteroatoms. The van der Waals surface area contributed by atoms with Gasteiger partial charge in [0.25, 0.3) is 0 Å². The number of nitrogens with one attached hydrogen (secondary N) is 3. The first kappa shape index (κ1) is 29.0. The summed E-state index contributed by atoms with van der Waals surface area (Å²) in [7, 11) is 0. The standard InChI is InChI=1S/C33H36N4O5/c38-18-7-6-13-26-30(39)35-27(21-23-15-16-24-11-4-5-12-25(24)19-23)31(40)36-28(20-22-9-2-1-3-10-22)33(42)37-17-8-14-29(37)32(41)34-26/h1-5,9-12,15-16,18-19,26-29H,6-8,13-14,17,20-21H2,(H,34,41)(H,35,39)(H,36,40)/t26-,27-,28-,29+/m0/s1. The van der Waals surface area contributed by atoms with E-state index in [0.29, 0.717) is 25.8 Å². The zero-order chi connectivity index (χ0) is 29.5. The molecule has 0 spiro atoms. The molecule has 0 aromatic heterocycles. The van der Waals surface area contributed by atoms with Crippen LogP contribution in [0.5, 0.6) is 0 Å². The van der Waals surface area contributed by atoms with E-state index in [1.54, 1.807) is 0 Å². The van der Waals surface area contributed by atoms with Crippen LogP contribution < -0.4 is 16.0 Å². The molecule has 218 valence electrons. The van der Waals surface area contributed by atoms with Gasteiger partial charge < -0.3 is 25.6 Å². The zero-order valence-electron chi connectivity index (χ0n) is 23.5. The van der Waals surface area contributed by atoms with E-state index >= 15 is 0 Å². The summed E-state index contributed by atoms with van der Waals surface area (Å²) in [4.78, 5) is 67.3. The number of carbonyl (C=O) groups is 5. The number of nitrogens with zero attached hydrogens (tertiary/aromatic N) is 1. The molecular formula is C33H36N4O5. The highest BCUT2D eigenvalue weighted by molar-refractivity contribution is 5.98. The number of fused-ring (bicyclic) bond motifs is 2. The van der Waals surface area contributed by atoms with Crippen LogP contribution in [0.15, 0.2) is 72.8 Å². The van der Waals surface area contributed by atoms with E-state index in [2.05, 4.69) is 16.0 Å². The lowest BCUT2D eigenvalue weighted by molar-refractivity contribution is -0.143. The zero-order valence-corrected chi connectivity index (χ0v) is 23.5. The van der Waals surface area contributed by atoms with Gasteiger partial charge in [-0.25, -0.2) is 0 Å². The first-order chi connectivity index (χ1) is 20.4. The maximum atomic E-state index is 13.9. The number of carbonyl (C=O) groups excluding carboxylic acids is 5. The Balaban J connectivity index is 1.48. The van der Waals surface area contributed by atoms with Crippen molar-refractivity contribution < 1.29 is 24.0 Å². The molecule has 0 saturated carbocycles. The average Bonchev–Trinajstić information content (AvgIpc) is 3.50. The number of aldehydes is 1. The lowest BCUT2D eigenvalue weighted by Crippen LogP contribution is -2.61. The number of rotatable bonds is 8. The molecular weight excluding hydrogens is 532 g/mol. The quantitative estimate of drug-likeness (QED) is 0.285. The van der Waals surface area contributed by atoms with E-state index in [4.69, 9.17) is 0 Å². The Morgan fingerprint density at radius 1 is 0.714 bits per heavy atom. The molecule has 2 aliphatic rings. The second kappa shape index (κ2) is 13.4. The summed E-state index contributed by atoms with van der Waals surface area (Å²) in [5.41, 5.74) is 1.71. The number of hydrogen-bond donors (Lipinski definition) is 3. The summed E-state index contributed by atoms with van der Waals surface area (Å²) in [6.07, 6.45) is 3.20. The summed E-state index contributed by atoms with van der Waals surface area (Å²) in [6.45, 7) is 0.389. The van der Waals surface area contributed by atoms with Crippen molar-refractivity contribution in [1.82, 2.24) is 20.9 Å². The number of unbranched alkanes of at least 4 members (excludes halogenated alkanes) is 1. The fourth-order valence-electron chi connectivity index (χ4n) is 5.85. The van der Waals surface area contributed by atoms with Crippen LogP contribution >= 0.6 is 0 Å². The Labute approximate surface area is 245 Å². The maximum absolute atomic E-state index is 13.9. The Morgan fingerprint density at radius 2 is 1.38 bits per heavy atom. The molecule has 3 aromatic carbocycles. The first-order valence-electron chi connectivity index (χ1n) is 14.6. The molecule has 3 N–H and O–H groups in total. The molecule has 0 aliphatic carbocycles. The molecule has 0 bridgehead atoms. The van der Waals surface area contributed by atoms with Gasteiger partial charge in [-0.05, 0) is 47.6 Å². The van der Waals surface area contributed by atoms with Gasteiger partial charge >= 0.3 is 0 Å². The van der Waals surface area contributed by atoms with E-state index in [1.165, 1.54) is 4.90 Å². The highest BCUT2D eigenvalue weighted by Gasteiger charge is 2.40. The Hall–Kier alpha value is -4.53. The monoisotopic (exact) mass is 568 g/mol. The summed E-state index contributed by atoms with van der Waals surface area (Å²) in [5, 5.41) is 10.7. The summed E-state index contributed by atoms with van der Waals surface area (Å²) in [6, 6.07) is 19.6. The van der Waals surface area contributed by atoms with Crippen molar-refractivity contribution in [1.29, 1.82) is 0 Å². The van der Waals surface area contributed by atoms with Crippen LogP contribution in [0, 0.1) is 0 Å². The minimum Gasteiger partial charge on any atom is -0.343 e. The lowest BCUT2D eigenvalue weighted by Gasteiger charge is -2.32. The molecule has 0 radical (unpaired) electrons. The SMILES string of the molecule is O=CCCC[C@@H]1NC(=O)[C@H]2CCCN2C(=O)[C@H](Cc2ccccc2)NC(=O)[C@H](Cc2ccc3ccccc3c2)NC1=O. The van der Waals surface area contributed by atoms with E-state index in [-0.39, 0.29) is 31.6 Å². The Morgan fingerprint density at radius 3 is 2.17 bits per heavy atom. The van der Waals surface area contributed by atoms with Crippen molar-refractivity contribution in [3.05, 3.63) is 83.9 Å². The van der Waals surface area contributed by atoms with Crippen molar-refractivity contribution >= 4 is 40.7 Å². The van der Waals surface area contributed by atoms with Crippen LogP contribution in [0.1, 0.15) is 43.2 Å². The van der Waals surface area contributed by atoms with E-state index in [0.717, 1.165) is 28.2 Å². The van der Waals surface area contributed by atoms with Crippen LogP contribution in [0.4, 0.5) is 0 Å². The summed E-state index contributed by atoms with van der Waals surface area (Å²) in [5.74, 6) is -1.69. The molecule has 4 amide bonds. The maximum Gasteiger partial charge on any atom is 0.246 e. The minimum atomic E-state index is -0.996. The molecule has 42 heavy (non-hydrogen) atoms. The topological polar surface area (TPSA) is 125 Å². The fraction of sp³-hybridized carbons (Fsp3) is 0.364. The summed E-state index contributed by atoms with van der Waals surface area (Å²) < 4.78 is 0. The molecule has 0 unspecified atom stereocenters. The Kier molecular flexibility index (Phi) is 9.26. The van der Waals surface area contributed by atoms with Gasteiger partial charge in [-0.3, -0.25) is 19.2 Å². The van der Waals surface area contributed by atoms with Gasteiger partial charge in [0.05, 0.1) is 0 Å². The van der Waals surface area contributed by atoms with Gasteiger partial charge in [0.15, 0.2) is 0 Å². The number of benzene rings is 3. The molecule has 2 aliphatic heterocycles. The van der Waals surface area contributed by atoms with E-state index in [9.17, 15) is 24.0 Å². The molecule has 2 saturated heterocycles. The largest absolute Gasteiger partial charge is 0.343 e. The van der Waals surface area contributed by atoms with Crippen molar-refractivity contribution in [2.24, 2.45) is 0 Å². The van der Waals surface area contributed by atoms with Crippen molar-refractivity contribution in [3.8, 4) is 0 Å². The van der Waals surface area contributed by atoms with Gasteiger partial charge in [0, 0.05) is 25.8 Å². The van der Waals surface area contributed by atoms with E-state index in [1.807, 2.05) is 72.8 Å². The second-order valence-corrected chi connectivity index (χ2v) is 11.0. The lowest BCUT2D eigenvalue weighted by atomic mass is 9.99. The molecule has 9 nitrogen and oxygen atoms in total. The highest BCUT2D eigenvalue weighted by Crippen LogP contribution is 2.22. The van der Waals surface area contributed by atoms with Crippen LogP contribution in [-0.4, -0.2) is 65.5 Å². The van der Waals surface area contributed by atoms with Crippen LogP contribution in [0.3, 0.4) is 0 Å². The fourth-order valence-corrected chi connectivity index (χ4v) is 5.85. The van der Waals surface area contributed by atoms with Gasteiger partial charge in [-0.15, -0.1) is 0 Å². The van der Waals surface area contributed by atoms with Crippen molar-refractivity contribution in [2.45, 2.75) is 69.1 Å². The number of hydrogen-bond acceptors (Lipinski definition) is 5. The third kappa shape index (κ3) is 6.84. The third-order valence-corrected chi connectivity index (χ3v) is 8.07.